The Morgan fingerprint density at radius 2 is 1.39 bits per heavy atom. The molecule has 158 valence electrons. The Balaban J connectivity index is 4.98. The number of hydrogen-bond donors (Lipinski definition) is 7. The number of amides is 4. The highest BCUT2D eigenvalue weighted by molar-refractivity contribution is 5.95. The van der Waals surface area contributed by atoms with Crippen LogP contribution < -0.4 is 27.4 Å². The van der Waals surface area contributed by atoms with Gasteiger partial charge in [0.25, 0.3) is 0 Å². The maximum Gasteiger partial charge on any atom is 0.326 e. The van der Waals surface area contributed by atoms with Crippen LogP contribution >= 0.6 is 0 Å². The number of carbonyl (C=O) groups is 6. The third-order valence-electron chi connectivity index (χ3n) is 3.47. The van der Waals surface area contributed by atoms with Gasteiger partial charge in [-0.3, -0.25) is 24.0 Å². The van der Waals surface area contributed by atoms with Crippen molar-refractivity contribution in [3.8, 4) is 0 Å². The molecule has 0 bridgehead atoms. The van der Waals surface area contributed by atoms with Crippen LogP contribution in [0.15, 0.2) is 0 Å². The van der Waals surface area contributed by atoms with Crippen molar-refractivity contribution >= 4 is 35.6 Å². The summed E-state index contributed by atoms with van der Waals surface area (Å²) >= 11 is 0. The first-order valence-corrected chi connectivity index (χ1v) is 8.24. The Labute approximate surface area is 160 Å². The van der Waals surface area contributed by atoms with Gasteiger partial charge >= 0.3 is 11.9 Å². The zero-order chi connectivity index (χ0) is 22.0. The highest BCUT2D eigenvalue weighted by atomic mass is 16.4. The number of carbonyl (C=O) groups excluding carboxylic acids is 4. The third kappa shape index (κ3) is 9.47. The van der Waals surface area contributed by atoms with Gasteiger partial charge in [0.05, 0.1) is 12.5 Å². The molecule has 0 aliphatic carbocycles. The molecule has 0 fully saturated rings. The van der Waals surface area contributed by atoms with E-state index in [1.807, 2.05) is 0 Å². The average Bonchev–Trinajstić information content (AvgIpc) is 2.56. The number of nitrogens with two attached hydrogens (primary N) is 2. The molecule has 0 saturated carbocycles. The monoisotopic (exact) mass is 403 g/mol. The van der Waals surface area contributed by atoms with E-state index in [0.29, 0.717) is 0 Å². The van der Waals surface area contributed by atoms with E-state index in [-0.39, 0.29) is 12.8 Å². The van der Waals surface area contributed by atoms with Crippen molar-refractivity contribution in [1.82, 2.24) is 16.0 Å². The van der Waals surface area contributed by atoms with Crippen LogP contribution in [0, 0.1) is 0 Å². The second kappa shape index (κ2) is 11.5. The summed E-state index contributed by atoms with van der Waals surface area (Å²) in [6.07, 6.45) is -1.28. The summed E-state index contributed by atoms with van der Waals surface area (Å²) < 4.78 is 0. The summed E-state index contributed by atoms with van der Waals surface area (Å²) in [5.74, 6) is -6.15. The van der Waals surface area contributed by atoms with Crippen LogP contribution in [0.2, 0.25) is 0 Å². The van der Waals surface area contributed by atoms with Crippen molar-refractivity contribution in [2.24, 2.45) is 11.5 Å². The van der Waals surface area contributed by atoms with Crippen molar-refractivity contribution in [3.63, 3.8) is 0 Å². The summed E-state index contributed by atoms with van der Waals surface area (Å²) in [7, 11) is 0. The summed E-state index contributed by atoms with van der Waals surface area (Å²) in [6, 6.07) is -5.15. The topological polar surface area (TPSA) is 231 Å². The van der Waals surface area contributed by atoms with Crippen LogP contribution in [0.25, 0.3) is 0 Å². The predicted octanol–water partition coefficient (Wildman–Crippen LogP) is -3.37. The van der Waals surface area contributed by atoms with E-state index in [2.05, 4.69) is 16.0 Å². The smallest absolute Gasteiger partial charge is 0.326 e. The normalized spacial score (nSPS) is 14.7. The number of hydrogen-bond acceptors (Lipinski definition) is 7. The maximum absolute atomic E-state index is 12.2. The molecule has 0 rings (SSSR count). The van der Waals surface area contributed by atoms with Gasteiger partial charge in [-0.1, -0.05) is 0 Å². The van der Waals surface area contributed by atoms with Gasteiger partial charge in [0.15, 0.2) is 0 Å². The lowest BCUT2D eigenvalue weighted by molar-refractivity contribution is -0.143. The van der Waals surface area contributed by atoms with E-state index >= 15 is 0 Å². The summed E-state index contributed by atoms with van der Waals surface area (Å²) in [6.45, 7) is 2.56. The highest BCUT2D eigenvalue weighted by Gasteiger charge is 2.29. The molecule has 0 saturated heterocycles. The fraction of sp³-hybridized carbons (Fsp3) is 0.600. The van der Waals surface area contributed by atoms with Gasteiger partial charge in [-0.15, -0.1) is 0 Å². The molecular formula is C15H25N5O8. The molecule has 0 spiro atoms. The van der Waals surface area contributed by atoms with Crippen molar-refractivity contribution < 1.29 is 39.0 Å². The largest absolute Gasteiger partial charge is 0.481 e. The minimum atomic E-state index is -1.49. The Kier molecular flexibility index (Phi) is 10.2. The number of carboxylic acids is 2. The van der Waals surface area contributed by atoms with Gasteiger partial charge in [-0.05, 0) is 20.3 Å². The summed E-state index contributed by atoms with van der Waals surface area (Å²) in [5, 5.41) is 24.4. The van der Waals surface area contributed by atoms with Crippen LogP contribution in [0.5, 0.6) is 0 Å². The summed E-state index contributed by atoms with van der Waals surface area (Å²) in [5.41, 5.74) is 10.3. The molecule has 0 heterocycles. The van der Waals surface area contributed by atoms with E-state index in [1.54, 1.807) is 0 Å². The van der Waals surface area contributed by atoms with E-state index in [4.69, 9.17) is 21.7 Å². The lowest BCUT2D eigenvalue weighted by atomic mass is 10.1. The number of carboxylic acid groups (broad SMARTS) is 2. The SMILES string of the molecule is CC(N)C(=O)NC(CC(=O)O)C(=O)NC(C)C(=O)NC(CCC(N)=O)C(=O)O. The van der Waals surface area contributed by atoms with Crippen LogP contribution in [0.1, 0.15) is 33.1 Å². The zero-order valence-corrected chi connectivity index (χ0v) is 15.4. The van der Waals surface area contributed by atoms with Crippen LogP contribution in [-0.2, 0) is 28.8 Å². The third-order valence-corrected chi connectivity index (χ3v) is 3.47. The first kappa shape index (κ1) is 24.8. The van der Waals surface area contributed by atoms with E-state index in [0.717, 1.165) is 0 Å². The molecule has 0 aromatic rings. The van der Waals surface area contributed by atoms with Gasteiger partial charge in [-0.25, -0.2) is 4.79 Å². The van der Waals surface area contributed by atoms with Crippen molar-refractivity contribution in [3.05, 3.63) is 0 Å². The van der Waals surface area contributed by atoms with Gasteiger partial charge in [-0.2, -0.15) is 0 Å². The van der Waals surface area contributed by atoms with Crippen LogP contribution in [-0.4, -0.2) is 69.9 Å². The molecule has 28 heavy (non-hydrogen) atoms. The molecule has 13 heteroatoms. The van der Waals surface area contributed by atoms with Gasteiger partial charge in [0.2, 0.25) is 23.6 Å². The molecule has 0 aromatic heterocycles. The predicted molar refractivity (Wildman–Crippen MR) is 93.4 cm³/mol. The Morgan fingerprint density at radius 1 is 0.857 bits per heavy atom. The Hall–Kier alpha value is -3.22. The summed E-state index contributed by atoms with van der Waals surface area (Å²) in [4.78, 5) is 68.7. The van der Waals surface area contributed by atoms with Crippen LogP contribution in [0.4, 0.5) is 0 Å². The van der Waals surface area contributed by atoms with Crippen molar-refractivity contribution in [2.75, 3.05) is 0 Å². The minimum Gasteiger partial charge on any atom is -0.481 e. The minimum absolute atomic E-state index is 0.247. The zero-order valence-electron chi connectivity index (χ0n) is 15.4. The molecule has 4 unspecified atom stereocenters. The maximum atomic E-state index is 12.2. The van der Waals surface area contributed by atoms with E-state index < -0.39 is 66.2 Å². The lowest BCUT2D eigenvalue weighted by Gasteiger charge is -2.22. The number of nitrogens with one attached hydrogen (secondary N) is 3. The lowest BCUT2D eigenvalue weighted by Crippen LogP contribution is -2.56. The second-order valence-corrected chi connectivity index (χ2v) is 6.08. The standard InChI is InChI=1S/C15H25N5O8/c1-6(16)12(24)20-9(5-11(22)23)14(26)18-7(2)13(25)19-8(15(27)28)3-4-10(17)21/h6-9H,3-5,16H2,1-2H3,(H2,17,21)(H,18,26)(H,19,25)(H,20,24)(H,22,23)(H,27,28). The van der Waals surface area contributed by atoms with Gasteiger partial charge in [0, 0.05) is 6.42 Å². The molecule has 0 aliphatic rings. The highest BCUT2D eigenvalue weighted by Crippen LogP contribution is 2.00. The molecule has 0 radical (unpaired) electrons. The second-order valence-electron chi connectivity index (χ2n) is 6.08. The first-order valence-electron chi connectivity index (χ1n) is 8.24. The van der Waals surface area contributed by atoms with Crippen LogP contribution in [0.3, 0.4) is 0 Å². The molecule has 9 N–H and O–H groups in total. The van der Waals surface area contributed by atoms with Crippen molar-refractivity contribution in [1.29, 1.82) is 0 Å². The molecule has 13 nitrogen and oxygen atoms in total. The fourth-order valence-electron chi connectivity index (χ4n) is 1.91. The van der Waals surface area contributed by atoms with Crippen molar-refractivity contribution in [2.45, 2.75) is 57.3 Å². The first-order chi connectivity index (χ1) is 12.8. The molecule has 4 amide bonds. The van der Waals surface area contributed by atoms with E-state index in [9.17, 15) is 28.8 Å². The number of primary amides is 1. The average molecular weight is 403 g/mol. The number of rotatable bonds is 12. The van der Waals surface area contributed by atoms with Gasteiger partial charge in [0.1, 0.15) is 18.1 Å². The Bertz CT molecular complexity index is 636. The number of aliphatic carboxylic acids is 2. The molecule has 4 atom stereocenters. The quantitative estimate of drug-likeness (QED) is 0.172. The van der Waals surface area contributed by atoms with E-state index in [1.165, 1.54) is 13.8 Å². The molecular weight excluding hydrogens is 378 g/mol. The molecule has 0 aromatic carbocycles. The van der Waals surface area contributed by atoms with Gasteiger partial charge < -0.3 is 37.6 Å². The Morgan fingerprint density at radius 3 is 1.82 bits per heavy atom. The molecule has 0 aliphatic heterocycles. The fourth-order valence-corrected chi connectivity index (χ4v) is 1.91.